The van der Waals surface area contributed by atoms with Gasteiger partial charge in [-0.2, -0.15) is 5.10 Å². The molecule has 35 heavy (non-hydrogen) atoms. The number of amides is 2. The van der Waals surface area contributed by atoms with Crippen LogP contribution in [0.2, 0.25) is 0 Å². The lowest BCUT2D eigenvalue weighted by molar-refractivity contribution is 0.0773. The number of carbonyl (C=O) groups excluding carboxylic acids is 2. The lowest BCUT2D eigenvalue weighted by Gasteiger charge is -2.18. The maximum absolute atomic E-state index is 13.4. The van der Waals surface area contributed by atoms with Gasteiger partial charge in [-0.25, -0.2) is 9.67 Å². The Morgan fingerprint density at radius 3 is 2.34 bits per heavy atom. The summed E-state index contributed by atoms with van der Waals surface area (Å²) in [7, 11) is 0. The highest BCUT2D eigenvalue weighted by Crippen LogP contribution is 2.28. The van der Waals surface area contributed by atoms with E-state index in [-0.39, 0.29) is 17.9 Å². The topological polar surface area (TPSA) is 80.1 Å². The van der Waals surface area contributed by atoms with Gasteiger partial charge in [0.25, 0.3) is 11.8 Å². The summed E-state index contributed by atoms with van der Waals surface area (Å²) in [6.07, 6.45) is 1.70. The highest BCUT2D eigenvalue weighted by molar-refractivity contribution is 6.12. The molecule has 0 fully saturated rings. The Morgan fingerprint density at radius 1 is 1.03 bits per heavy atom. The third-order valence-electron chi connectivity index (χ3n) is 6.16. The molecule has 180 valence electrons. The van der Waals surface area contributed by atoms with Gasteiger partial charge in [-0.1, -0.05) is 24.3 Å². The van der Waals surface area contributed by atoms with E-state index >= 15 is 0 Å². The molecule has 2 aromatic carbocycles. The Bertz CT molecular complexity index is 1370. The fourth-order valence-corrected chi connectivity index (χ4v) is 4.17. The van der Waals surface area contributed by atoms with Gasteiger partial charge < -0.3 is 10.2 Å². The Morgan fingerprint density at radius 2 is 1.71 bits per heavy atom. The van der Waals surface area contributed by atoms with E-state index in [0.29, 0.717) is 40.9 Å². The fraction of sp³-hybridized carbons (Fsp3) is 0.286. The molecule has 0 spiro atoms. The molecule has 0 atom stereocenters. The van der Waals surface area contributed by atoms with Crippen LogP contribution in [0.5, 0.6) is 0 Å². The van der Waals surface area contributed by atoms with Gasteiger partial charge in [0, 0.05) is 35.9 Å². The number of rotatable bonds is 7. The van der Waals surface area contributed by atoms with Crippen LogP contribution in [-0.4, -0.2) is 44.6 Å². The smallest absolute Gasteiger partial charge is 0.256 e. The van der Waals surface area contributed by atoms with Crippen molar-refractivity contribution < 1.29 is 9.59 Å². The predicted molar refractivity (Wildman–Crippen MR) is 140 cm³/mol. The van der Waals surface area contributed by atoms with Crippen LogP contribution < -0.4 is 5.32 Å². The molecule has 1 N–H and O–H groups in total. The summed E-state index contributed by atoms with van der Waals surface area (Å²) < 4.78 is 1.83. The minimum absolute atomic E-state index is 0.0207. The molecule has 7 heteroatoms. The monoisotopic (exact) mass is 469 g/mol. The molecule has 0 aliphatic heterocycles. The zero-order valence-corrected chi connectivity index (χ0v) is 20.9. The summed E-state index contributed by atoms with van der Waals surface area (Å²) in [5.74, 6) is -0.272. The highest BCUT2D eigenvalue weighted by Gasteiger charge is 2.20. The molecule has 2 aromatic heterocycles. The molecule has 0 saturated carbocycles. The number of aryl methyl sites for hydroxylation is 1. The van der Waals surface area contributed by atoms with E-state index in [2.05, 4.69) is 10.4 Å². The maximum atomic E-state index is 13.4. The van der Waals surface area contributed by atoms with Gasteiger partial charge in [-0.15, -0.1) is 0 Å². The Kier molecular flexibility index (Phi) is 6.96. The number of benzene rings is 2. The molecular weight excluding hydrogens is 438 g/mol. The lowest BCUT2D eigenvalue weighted by Crippen LogP contribution is -2.30. The van der Waals surface area contributed by atoms with Gasteiger partial charge in [0.2, 0.25) is 0 Å². The molecule has 4 rings (SSSR count). The van der Waals surface area contributed by atoms with Gasteiger partial charge >= 0.3 is 0 Å². The molecule has 2 amide bonds. The Balaban J connectivity index is 1.70. The molecule has 2 heterocycles. The van der Waals surface area contributed by atoms with E-state index in [0.717, 1.165) is 16.8 Å². The molecule has 0 saturated heterocycles. The van der Waals surface area contributed by atoms with Crippen LogP contribution in [0.15, 0.2) is 60.8 Å². The summed E-state index contributed by atoms with van der Waals surface area (Å²) in [5, 5.41) is 8.17. The van der Waals surface area contributed by atoms with Crippen molar-refractivity contribution in [2.75, 3.05) is 18.4 Å². The van der Waals surface area contributed by atoms with Crippen molar-refractivity contribution in [1.82, 2.24) is 19.7 Å². The first kappa shape index (κ1) is 24.1. The van der Waals surface area contributed by atoms with Crippen molar-refractivity contribution in [2.45, 2.75) is 40.7 Å². The first-order valence-electron chi connectivity index (χ1n) is 12.0. The van der Waals surface area contributed by atoms with Crippen LogP contribution in [0.4, 0.5) is 5.69 Å². The van der Waals surface area contributed by atoms with Crippen LogP contribution in [0.1, 0.15) is 60.0 Å². The molecule has 0 unspecified atom stereocenters. The zero-order valence-electron chi connectivity index (χ0n) is 20.9. The summed E-state index contributed by atoms with van der Waals surface area (Å²) >= 11 is 0. The van der Waals surface area contributed by atoms with Crippen molar-refractivity contribution in [3.05, 3.63) is 77.5 Å². The van der Waals surface area contributed by atoms with Crippen LogP contribution in [0.3, 0.4) is 0 Å². The van der Waals surface area contributed by atoms with Crippen molar-refractivity contribution in [3.8, 4) is 11.3 Å². The largest absolute Gasteiger partial charge is 0.339 e. The van der Waals surface area contributed by atoms with Gasteiger partial charge in [0.05, 0.1) is 22.8 Å². The van der Waals surface area contributed by atoms with Crippen LogP contribution in [0, 0.1) is 6.92 Å². The SMILES string of the molecule is CCN(CC)C(=O)c1ccc(NC(=O)c2cc(-c3ccccc3C)nc3c2cnn3C(C)C)cc1. The van der Waals surface area contributed by atoms with Crippen molar-refractivity contribution in [2.24, 2.45) is 0 Å². The number of carbonyl (C=O) groups is 2. The van der Waals surface area contributed by atoms with Crippen LogP contribution in [0.25, 0.3) is 22.3 Å². The summed E-state index contributed by atoms with van der Waals surface area (Å²) in [6.45, 7) is 11.3. The van der Waals surface area contributed by atoms with Crippen molar-refractivity contribution in [3.63, 3.8) is 0 Å². The number of pyridine rings is 1. The minimum Gasteiger partial charge on any atom is -0.339 e. The van der Waals surface area contributed by atoms with Gasteiger partial charge in [0.1, 0.15) is 0 Å². The number of aromatic nitrogens is 3. The average molecular weight is 470 g/mol. The number of fused-ring (bicyclic) bond motifs is 1. The fourth-order valence-electron chi connectivity index (χ4n) is 4.17. The second-order valence-electron chi connectivity index (χ2n) is 8.80. The van der Waals surface area contributed by atoms with Crippen molar-refractivity contribution >= 4 is 28.5 Å². The maximum Gasteiger partial charge on any atom is 0.256 e. The van der Waals surface area contributed by atoms with Gasteiger partial charge in [0.15, 0.2) is 5.65 Å². The Labute approximate surface area is 205 Å². The predicted octanol–water partition coefficient (Wildman–Crippen LogP) is 5.72. The minimum atomic E-state index is -0.252. The van der Waals surface area contributed by atoms with E-state index < -0.39 is 0 Å². The molecule has 0 aliphatic rings. The lowest BCUT2D eigenvalue weighted by atomic mass is 10.0. The van der Waals surface area contributed by atoms with E-state index in [1.165, 1.54) is 0 Å². The third kappa shape index (κ3) is 4.80. The highest BCUT2D eigenvalue weighted by atomic mass is 16.2. The number of anilines is 1. The van der Waals surface area contributed by atoms with Crippen LogP contribution >= 0.6 is 0 Å². The summed E-state index contributed by atoms with van der Waals surface area (Å²) in [5.41, 5.74) is 5.16. The standard InChI is InChI=1S/C28H31N5O2/c1-6-32(7-2)28(35)20-12-14-21(15-13-20)30-27(34)23-16-25(22-11-9-8-10-19(22)5)31-26-24(23)17-29-33(26)18(3)4/h8-18H,6-7H2,1-5H3,(H,30,34). The number of nitrogens with one attached hydrogen (secondary N) is 1. The van der Waals surface area contributed by atoms with Crippen molar-refractivity contribution in [1.29, 1.82) is 0 Å². The molecule has 0 aliphatic carbocycles. The first-order chi connectivity index (χ1) is 16.8. The zero-order chi connectivity index (χ0) is 25.1. The molecule has 0 radical (unpaired) electrons. The number of hydrogen-bond donors (Lipinski definition) is 1. The second-order valence-corrected chi connectivity index (χ2v) is 8.80. The summed E-state index contributed by atoms with van der Waals surface area (Å²) in [6, 6.07) is 16.9. The summed E-state index contributed by atoms with van der Waals surface area (Å²) in [4.78, 5) is 32.7. The average Bonchev–Trinajstić information content (AvgIpc) is 3.29. The molecular formula is C28H31N5O2. The molecule has 7 nitrogen and oxygen atoms in total. The van der Waals surface area contributed by atoms with E-state index in [9.17, 15) is 9.59 Å². The number of hydrogen-bond acceptors (Lipinski definition) is 4. The molecule has 0 bridgehead atoms. The van der Waals surface area contributed by atoms with E-state index in [4.69, 9.17) is 4.98 Å². The Hall–Kier alpha value is -4.00. The second kappa shape index (κ2) is 10.1. The van der Waals surface area contributed by atoms with E-state index in [1.807, 2.05) is 69.6 Å². The normalized spacial score (nSPS) is 11.1. The molecule has 4 aromatic rings. The van der Waals surface area contributed by atoms with Gasteiger partial charge in [-0.3, -0.25) is 9.59 Å². The number of nitrogens with zero attached hydrogens (tertiary/aromatic N) is 4. The van der Waals surface area contributed by atoms with E-state index in [1.54, 1.807) is 35.4 Å². The quantitative estimate of drug-likeness (QED) is 0.375. The third-order valence-corrected chi connectivity index (χ3v) is 6.16. The first-order valence-corrected chi connectivity index (χ1v) is 12.0. The van der Waals surface area contributed by atoms with Gasteiger partial charge in [-0.05, 0) is 70.5 Å². The van der Waals surface area contributed by atoms with Crippen LogP contribution in [-0.2, 0) is 0 Å².